The second kappa shape index (κ2) is 4.33. The van der Waals surface area contributed by atoms with Crippen LogP contribution in [0.3, 0.4) is 0 Å². The van der Waals surface area contributed by atoms with Gasteiger partial charge in [0.2, 0.25) is 0 Å². The van der Waals surface area contributed by atoms with Crippen molar-refractivity contribution in [2.75, 3.05) is 6.61 Å². The van der Waals surface area contributed by atoms with Gasteiger partial charge in [-0.25, -0.2) is 0 Å². The van der Waals surface area contributed by atoms with Gasteiger partial charge in [0.25, 0.3) is 0 Å². The summed E-state index contributed by atoms with van der Waals surface area (Å²) in [7, 11) is 0. The summed E-state index contributed by atoms with van der Waals surface area (Å²) >= 11 is 3.35. The van der Waals surface area contributed by atoms with Crippen molar-refractivity contribution in [2.24, 2.45) is 0 Å². The Balaban J connectivity index is 2.22. The quantitative estimate of drug-likeness (QED) is 0.835. The van der Waals surface area contributed by atoms with E-state index in [1.807, 2.05) is 24.3 Å². The Hall–Kier alpha value is -0.870. The maximum absolute atomic E-state index is 11.1. The molecule has 0 radical (unpaired) electrons. The van der Waals surface area contributed by atoms with Crippen LogP contribution in [0.4, 0.5) is 0 Å². The smallest absolute Gasteiger partial charge is 0.306 e. The van der Waals surface area contributed by atoms with Crippen LogP contribution < -0.4 is 0 Å². The van der Waals surface area contributed by atoms with Crippen molar-refractivity contribution in [3.8, 4) is 0 Å². The van der Waals surface area contributed by atoms with Crippen molar-refractivity contribution in [1.29, 1.82) is 0 Å². The highest BCUT2D eigenvalue weighted by molar-refractivity contribution is 9.10. The van der Waals surface area contributed by atoms with E-state index in [9.17, 15) is 4.79 Å². The molecule has 0 unspecified atom stereocenters. The van der Waals surface area contributed by atoms with Crippen LogP contribution in [-0.2, 0) is 9.53 Å². The molecule has 1 N–H and O–H groups in total. The topological polar surface area (TPSA) is 46.5 Å². The molecule has 1 aromatic rings. The number of cyclic esters (lactones) is 1. The molecule has 2 rings (SSSR count). The van der Waals surface area contributed by atoms with E-state index in [-0.39, 0.29) is 18.5 Å². The van der Waals surface area contributed by atoms with Crippen LogP contribution in [0.25, 0.3) is 0 Å². The molecular formula is C11H11BrO3. The molecule has 1 aliphatic heterocycles. The third-order valence-corrected chi connectivity index (χ3v) is 3.12. The molecular weight excluding hydrogens is 260 g/mol. The van der Waals surface area contributed by atoms with E-state index < -0.39 is 6.10 Å². The SMILES string of the molecule is O=C1C[C@@H](c2ccc(Br)cc2)[C@H](CO)O1. The fourth-order valence-corrected chi connectivity index (χ4v) is 2.08. The lowest BCUT2D eigenvalue weighted by atomic mass is 9.93. The molecule has 1 aliphatic rings. The van der Waals surface area contributed by atoms with Crippen LogP contribution in [0.5, 0.6) is 0 Å². The number of rotatable bonds is 2. The Kier molecular flexibility index (Phi) is 3.07. The van der Waals surface area contributed by atoms with Gasteiger partial charge in [-0.1, -0.05) is 28.1 Å². The van der Waals surface area contributed by atoms with E-state index in [1.54, 1.807) is 0 Å². The molecule has 80 valence electrons. The number of benzene rings is 1. The van der Waals surface area contributed by atoms with Crippen molar-refractivity contribution in [1.82, 2.24) is 0 Å². The first-order valence-electron chi connectivity index (χ1n) is 4.76. The fourth-order valence-electron chi connectivity index (χ4n) is 1.82. The Labute approximate surface area is 96.2 Å². The van der Waals surface area contributed by atoms with Crippen molar-refractivity contribution < 1.29 is 14.6 Å². The molecule has 0 aliphatic carbocycles. The van der Waals surface area contributed by atoms with Gasteiger partial charge < -0.3 is 9.84 Å². The monoisotopic (exact) mass is 270 g/mol. The highest BCUT2D eigenvalue weighted by Crippen LogP contribution is 2.32. The lowest BCUT2D eigenvalue weighted by Crippen LogP contribution is -2.18. The zero-order valence-electron chi connectivity index (χ0n) is 8.02. The molecule has 15 heavy (non-hydrogen) atoms. The average Bonchev–Trinajstić information content (AvgIpc) is 2.61. The zero-order valence-corrected chi connectivity index (χ0v) is 9.61. The number of carbonyl (C=O) groups excluding carboxylic acids is 1. The van der Waals surface area contributed by atoms with Crippen LogP contribution >= 0.6 is 15.9 Å². The van der Waals surface area contributed by atoms with Crippen LogP contribution in [0.2, 0.25) is 0 Å². The molecule has 1 aromatic carbocycles. The second-order valence-electron chi connectivity index (χ2n) is 3.57. The normalized spacial score (nSPS) is 25.3. The molecule has 0 bridgehead atoms. The van der Waals surface area contributed by atoms with E-state index in [2.05, 4.69) is 15.9 Å². The molecule has 1 heterocycles. The van der Waals surface area contributed by atoms with E-state index in [0.29, 0.717) is 6.42 Å². The Morgan fingerprint density at radius 3 is 2.67 bits per heavy atom. The molecule has 0 amide bonds. The first-order chi connectivity index (χ1) is 7.20. The molecule has 2 atom stereocenters. The molecule has 4 heteroatoms. The number of aliphatic hydroxyl groups is 1. The summed E-state index contributed by atoms with van der Waals surface area (Å²) in [4.78, 5) is 11.1. The number of aliphatic hydroxyl groups excluding tert-OH is 1. The van der Waals surface area contributed by atoms with Crippen molar-refractivity contribution in [3.05, 3.63) is 34.3 Å². The maximum atomic E-state index is 11.1. The highest BCUT2D eigenvalue weighted by Gasteiger charge is 2.35. The Bertz CT molecular complexity index is 361. The lowest BCUT2D eigenvalue weighted by Gasteiger charge is -2.15. The number of esters is 1. The third kappa shape index (κ3) is 2.21. The predicted molar refractivity (Wildman–Crippen MR) is 58.5 cm³/mol. The van der Waals surface area contributed by atoms with Gasteiger partial charge in [-0.2, -0.15) is 0 Å². The average molecular weight is 271 g/mol. The van der Waals surface area contributed by atoms with E-state index >= 15 is 0 Å². The first kappa shape index (κ1) is 10.6. The molecule has 3 nitrogen and oxygen atoms in total. The van der Waals surface area contributed by atoms with E-state index in [0.717, 1.165) is 10.0 Å². The van der Waals surface area contributed by atoms with Crippen LogP contribution in [0.1, 0.15) is 17.9 Å². The molecule has 0 spiro atoms. The van der Waals surface area contributed by atoms with Crippen LogP contribution in [0.15, 0.2) is 28.7 Å². The zero-order chi connectivity index (χ0) is 10.8. The summed E-state index contributed by atoms with van der Waals surface area (Å²) in [6.07, 6.45) is -0.0361. The van der Waals surface area contributed by atoms with Gasteiger partial charge in [0.1, 0.15) is 6.10 Å². The molecule has 0 aromatic heterocycles. The molecule has 1 saturated heterocycles. The largest absolute Gasteiger partial charge is 0.459 e. The van der Waals surface area contributed by atoms with E-state index in [4.69, 9.17) is 9.84 Å². The lowest BCUT2D eigenvalue weighted by molar-refractivity contribution is -0.142. The Morgan fingerprint density at radius 1 is 1.40 bits per heavy atom. The maximum Gasteiger partial charge on any atom is 0.306 e. The van der Waals surface area contributed by atoms with Crippen LogP contribution in [0, 0.1) is 0 Å². The first-order valence-corrected chi connectivity index (χ1v) is 5.56. The van der Waals surface area contributed by atoms with Crippen LogP contribution in [-0.4, -0.2) is 23.8 Å². The van der Waals surface area contributed by atoms with Crippen molar-refractivity contribution in [3.63, 3.8) is 0 Å². The standard InChI is InChI=1S/C11H11BrO3/c12-8-3-1-7(2-4-8)9-5-11(14)15-10(9)6-13/h1-4,9-10,13H,5-6H2/t9-,10-/m0/s1. The number of hydrogen-bond donors (Lipinski definition) is 1. The van der Waals surface area contributed by atoms with Crippen molar-refractivity contribution >= 4 is 21.9 Å². The summed E-state index contributed by atoms with van der Waals surface area (Å²) in [5.74, 6) is -0.252. The van der Waals surface area contributed by atoms with E-state index in [1.165, 1.54) is 0 Å². The second-order valence-corrected chi connectivity index (χ2v) is 4.49. The summed E-state index contributed by atoms with van der Waals surface area (Å²) in [5, 5.41) is 9.08. The number of ether oxygens (including phenoxy) is 1. The van der Waals surface area contributed by atoms with Gasteiger partial charge in [-0.05, 0) is 17.7 Å². The van der Waals surface area contributed by atoms with Crippen molar-refractivity contribution in [2.45, 2.75) is 18.4 Å². The summed E-state index contributed by atoms with van der Waals surface area (Å²) in [6.45, 7) is -0.119. The summed E-state index contributed by atoms with van der Waals surface area (Å²) in [5.41, 5.74) is 1.03. The number of carbonyl (C=O) groups is 1. The minimum atomic E-state index is -0.390. The van der Waals surface area contributed by atoms with Gasteiger partial charge in [0, 0.05) is 10.4 Å². The van der Waals surface area contributed by atoms with Gasteiger partial charge in [0.15, 0.2) is 0 Å². The summed E-state index contributed by atoms with van der Waals surface area (Å²) < 4.78 is 6.00. The predicted octanol–water partition coefficient (Wildman–Crippen LogP) is 1.84. The fraction of sp³-hybridized carbons (Fsp3) is 0.364. The molecule has 1 fully saturated rings. The number of halogens is 1. The Morgan fingerprint density at radius 2 is 2.07 bits per heavy atom. The number of hydrogen-bond acceptors (Lipinski definition) is 3. The minimum absolute atomic E-state index is 0.0180. The van der Waals surface area contributed by atoms with Gasteiger partial charge in [-0.15, -0.1) is 0 Å². The van der Waals surface area contributed by atoms with Gasteiger partial charge in [0.05, 0.1) is 13.0 Å². The molecule has 0 saturated carbocycles. The van der Waals surface area contributed by atoms with Gasteiger partial charge in [-0.3, -0.25) is 4.79 Å². The minimum Gasteiger partial charge on any atom is -0.459 e. The van der Waals surface area contributed by atoms with Gasteiger partial charge >= 0.3 is 5.97 Å². The summed E-state index contributed by atoms with van der Waals surface area (Å²) in [6, 6.07) is 7.73. The highest BCUT2D eigenvalue weighted by atomic mass is 79.9. The third-order valence-electron chi connectivity index (χ3n) is 2.60.